The molecule has 0 radical (unpaired) electrons. The number of hydrogen-bond donors (Lipinski definition) is 2. The van der Waals surface area contributed by atoms with Crippen molar-refractivity contribution in [1.82, 2.24) is 4.90 Å². The smallest absolute Gasteiger partial charge is 0.287 e. The first-order chi connectivity index (χ1) is 16.5. The Morgan fingerprint density at radius 3 is 2.69 bits per heavy atom. The Bertz CT molecular complexity index is 1460. The maximum atomic E-state index is 13.7. The van der Waals surface area contributed by atoms with Gasteiger partial charge in [-0.3, -0.25) is 4.79 Å². The molecule has 2 unspecified atom stereocenters. The highest BCUT2D eigenvalue weighted by molar-refractivity contribution is 7.91. The predicted molar refractivity (Wildman–Crippen MR) is 134 cm³/mol. The molecule has 9 nitrogen and oxygen atoms in total. The number of aliphatic hydroxyl groups excluding tert-OH is 1. The van der Waals surface area contributed by atoms with Gasteiger partial charge >= 0.3 is 0 Å². The topological polar surface area (TPSA) is 133 Å². The van der Waals surface area contributed by atoms with Crippen molar-refractivity contribution in [1.29, 1.82) is 0 Å². The summed E-state index contributed by atoms with van der Waals surface area (Å²) >= 11 is 1.10. The van der Waals surface area contributed by atoms with Crippen LogP contribution in [0.15, 0.2) is 56.3 Å². The van der Waals surface area contributed by atoms with Crippen molar-refractivity contribution in [3.63, 3.8) is 0 Å². The van der Waals surface area contributed by atoms with Crippen molar-refractivity contribution in [2.24, 2.45) is 10.3 Å². The lowest BCUT2D eigenvalue weighted by molar-refractivity contribution is -0.132. The lowest BCUT2D eigenvalue weighted by atomic mass is 9.90. The molecule has 1 aliphatic carbocycles. The van der Waals surface area contributed by atoms with Crippen LogP contribution in [-0.4, -0.2) is 56.6 Å². The van der Waals surface area contributed by atoms with Crippen LogP contribution >= 0.6 is 11.3 Å². The van der Waals surface area contributed by atoms with E-state index in [1.165, 1.54) is 0 Å². The average molecular weight is 536 g/mol. The van der Waals surface area contributed by atoms with Crippen molar-refractivity contribution in [3.8, 4) is 0 Å². The van der Waals surface area contributed by atoms with Crippen LogP contribution in [0, 0.1) is 5.92 Å². The normalized spacial score (nSPS) is 23.5. The highest BCUT2D eigenvalue weighted by Gasteiger charge is 2.47. The van der Waals surface area contributed by atoms with Gasteiger partial charge < -0.3 is 15.3 Å². The molecule has 1 aromatic heterocycles. The van der Waals surface area contributed by atoms with Crippen LogP contribution in [0.1, 0.15) is 30.4 Å². The molecule has 2 atom stereocenters. The van der Waals surface area contributed by atoms with Gasteiger partial charge in [-0.1, -0.05) is 36.8 Å². The predicted octanol–water partition coefficient (Wildman–Crippen LogP) is 2.87. The van der Waals surface area contributed by atoms with Gasteiger partial charge in [0.25, 0.3) is 15.9 Å². The number of amidine groups is 1. The quantitative estimate of drug-likeness (QED) is 0.581. The Hall–Kier alpha value is -2.70. The van der Waals surface area contributed by atoms with E-state index in [2.05, 4.69) is 9.71 Å². The number of rotatable bonds is 6. The molecule has 0 bridgehead atoms. The zero-order chi connectivity index (χ0) is 25.0. The van der Waals surface area contributed by atoms with Gasteiger partial charge in [-0.05, 0) is 35.8 Å². The molecule has 3 aliphatic rings. The number of anilines is 1. The number of aryl methyl sites for hydroxylation is 1. The van der Waals surface area contributed by atoms with E-state index < -0.39 is 25.8 Å². The second kappa shape index (κ2) is 8.75. The van der Waals surface area contributed by atoms with Gasteiger partial charge in [-0.2, -0.15) is 8.42 Å². The van der Waals surface area contributed by atoms with E-state index in [4.69, 9.17) is 0 Å². The molecular weight excluding hydrogens is 510 g/mol. The summed E-state index contributed by atoms with van der Waals surface area (Å²) in [6, 6.07) is 9.36. The summed E-state index contributed by atoms with van der Waals surface area (Å²) in [5, 5.41) is 15.9. The van der Waals surface area contributed by atoms with Gasteiger partial charge in [0.15, 0.2) is 5.84 Å². The Kier molecular flexibility index (Phi) is 6.01. The summed E-state index contributed by atoms with van der Waals surface area (Å²) in [5.41, 5.74) is 1.18. The Balaban J connectivity index is 1.52. The van der Waals surface area contributed by atoms with Crippen LogP contribution in [0.5, 0.6) is 0 Å². The van der Waals surface area contributed by atoms with E-state index in [-0.39, 0.29) is 51.2 Å². The average Bonchev–Trinajstić information content (AvgIpc) is 3.43. The van der Waals surface area contributed by atoms with Crippen molar-refractivity contribution < 1.29 is 26.7 Å². The van der Waals surface area contributed by atoms with Crippen molar-refractivity contribution in [3.05, 3.63) is 58.2 Å². The largest absolute Gasteiger partial charge is 0.511 e. The zero-order valence-electron chi connectivity index (χ0n) is 19.0. The SMILES string of the molecule is CS(=O)(=O)CCc1csc2c1S(=O)(=O)N=C(C1=C(O)C3CCCC3N(Cc3ccccc3)C1=O)N2. The highest BCUT2D eigenvalue weighted by atomic mass is 32.2. The number of hydrogen-bond acceptors (Lipinski definition) is 8. The van der Waals surface area contributed by atoms with Gasteiger partial charge in [0.05, 0.1) is 5.75 Å². The number of nitrogens with zero attached hydrogens (tertiary/aromatic N) is 2. The standard InChI is InChI=1S/C23H25N3O6S3/c1-34(29,30)11-10-15-13-33-22-20(15)35(31,32)25-21(24-22)18-19(27)16-8-5-9-17(16)26(23(18)28)12-14-6-3-2-4-7-14/h2-4,6-7,13,16-17,27H,5,8-12H2,1H3,(H,24,25). The third-order valence-electron chi connectivity index (χ3n) is 6.65. The van der Waals surface area contributed by atoms with Gasteiger partial charge in [0.2, 0.25) is 0 Å². The molecular formula is C23H25N3O6S3. The first kappa shape index (κ1) is 24.0. The number of carbonyl (C=O) groups excluding carboxylic acids is 1. The van der Waals surface area contributed by atoms with Crippen LogP contribution in [0.3, 0.4) is 0 Å². The molecule has 2 aromatic rings. The lowest BCUT2D eigenvalue weighted by Gasteiger charge is -2.38. The number of sulfone groups is 1. The Labute approximate surface area is 208 Å². The van der Waals surface area contributed by atoms with Crippen LogP contribution in [-0.2, 0) is 37.6 Å². The summed E-state index contributed by atoms with van der Waals surface area (Å²) in [7, 11) is -7.50. The van der Waals surface area contributed by atoms with E-state index >= 15 is 0 Å². The van der Waals surface area contributed by atoms with Crippen molar-refractivity contribution >= 4 is 47.9 Å². The number of thiophene rings is 1. The van der Waals surface area contributed by atoms with Crippen LogP contribution < -0.4 is 5.32 Å². The highest BCUT2D eigenvalue weighted by Crippen LogP contribution is 2.43. The van der Waals surface area contributed by atoms with Crippen molar-refractivity contribution in [2.75, 3.05) is 17.3 Å². The van der Waals surface area contributed by atoms with Gasteiger partial charge in [-0.25, -0.2) is 8.42 Å². The maximum Gasteiger partial charge on any atom is 0.287 e. The molecule has 1 fully saturated rings. The van der Waals surface area contributed by atoms with Crippen LogP contribution in [0.25, 0.3) is 0 Å². The summed E-state index contributed by atoms with van der Waals surface area (Å²) in [6.45, 7) is 0.345. The van der Waals surface area contributed by atoms with Gasteiger partial charge in [0, 0.05) is 24.8 Å². The second-order valence-corrected chi connectivity index (χ2v) is 13.8. The number of nitrogens with one attached hydrogen (secondary N) is 1. The van der Waals surface area contributed by atoms with E-state index in [9.17, 15) is 26.7 Å². The molecule has 35 heavy (non-hydrogen) atoms. The van der Waals surface area contributed by atoms with E-state index in [0.29, 0.717) is 18.5 Å². The van der Waals surface area contributed by atoms with Crippen LogP contribution in [0.4, 0.5) is 5.00 Å². The molecule has 0 saturated heterocycles. The molecule has 0 spiro atoms. The Morgan fingerprint density at radius 1 is 1.23 bits per heavy atom. The third kappa shape index (κ3) is 4.50. The van der Waals surface area contributed by atoms with Gasteiger partial charge in [0.1, 0.15) is 31.1 Å². The van der Waals surface area contributed by atoms with E-state index in [1.54, 1.807) is 10.3 Å². The fourth-order valence-electron chi connectivity index (χ4n) is 5.04. The monoisotopic (exact) mass is 535 g/mol. The minimum atomic E-state index is -4.22. The number of amides is 1. The molecule has 3 heterocycles. The molecule has 2 aliphatic heterocycles. The molecule has 1 saturated carbocycles. The molecule has 186 valence electrons. The number of sulfonamides is 1. The van der Waals surface area contributed by atoms with E-state index in [1.807, 2.05) is 30.3 Å². The zero-order valence-corrected chi connectivity index (χ0v) is 21.4. The van der Waals surface area contributed by atoms with E-state index in [0.717, 1.165) is 36.0 Å². The summed E-state index contributed by atoms with van der Waals surface area (Å²) < 4.78 is 53.3. The molecule has 1 amide bonds. The molecule has 12 heteroatoms. The molecule has 1 aromatic carbocycles. The minimum absolute atomic E-state index is 0.0396. The number of benzene rings is 1. The van der Waals surface area contributed by atoms with Crippen LogP contribution in [0.2, 0.25) is 0 Å². The first-order valence-electron chi connectivity index (χ1n) is 11.2. The second-order valence-electron chi connectivity index (χ2n) is 9.12. The first-order valence-corrected chi connectivity index (χ1v) is 15.6. The lowest BCUT2D eigenvalue weighted by Crippen LogP contribution is -2.49. The fraction of sp³-hybridized carbons (Fsp3) is 0.391. The summed E-state index contributed by atoms with van der Waals surface area (Å²) in [4.78, 5) is 15.3. The number of aliphatic hydroxyl groups is 1. The maximum absolute atomic E-state index is 13.7. The Morgan fingerprint density at radius 2 is 1.97 bits per heavy atom. The molecule has 5 rings (SSSR count). The summed E-state index contributed by atoms with van der Waals surface area (Å²) in [5.74, 6) is -1.26. The third-order valence-corrected chi connectivity index (χ3v) is 10.1. The minimum Gasteiger partial charge on any atom is -0.511 e. The van der Waals surface area contributed by atoms with Gasteiger partial charge in [-0.15, -0.1) is 15.7 Å². The van der Waals surface area contributed by atoms with Crippen molar-refractivity contribution in [2.45, 2.75) is 43.2 Å². The number of carbonyl (C=O) groups is 1. The number of fused-ring (bicyclic) bond motifs is 2. The summed E-state index contributed by atoms with van der Waals surface area (Å²) in [6.07, 6.45) is 3.44. The molecule has 2 N–H and O–H groups in total. The fourth-order valence-corrected chi connectivity index (χ4v) is 8.30.